The maximum atomic E-state index is 12.2. The number of nitrogen functional groups attached to an aromatic ring is 1. The lowest BCUT2D eigenvalue weighted by molar-refractivity contribution is -0.385. The Balaban J connectivity index is 0.000000307. The van der Waals surface area contributed by atoms with Gasteiger partial charge in [0.1, 0.15) is 19.2 Å². The number of halogens is 5. The molecule has 0 saturated carbocycles. The number of alkyl halides is 4. The van der Waals surface area contributed by atoms with Crippen molar-refractivity contribution in [2.45, 2.75) is 26.2 Å². The van der Waals surface area contributed by atoms with E-state index in [9.17, 15) is 47.9 Å². The van der Waals surface area contributed by atoms with E-state index in [0.717, 1.165) is 120 Å². The smallest absolute Gasteiger partial charge is 0.269 e. The van der Waals surface area contributed by atoms with Crippen molar-refractivity contribution in [2.75, 3.05) is 151 Å². The second kappa shape index (κ2) is 37.6. The maximum absolute atomic E-state index is 12.2. The summed E-state index contributed by atoms with van der Waals surface area (Å²) in [5, 5.41) is 45.4. The Morgan fingerprint density at radius 3 is 1.12 bits per heavy atom. The van der Waals surface area contributed by atoms with Crippen LogP contribution in [0.3, 0.4) is 0 Å². The van der Waals surface area contributed by atoms with Gasteiger partial charge in [0.15, 0.2) is 0 Å². The molecule has 0 spiro atoms. The topological polar surface area (TPSA) is 219 Å². The van der Waals surface area contributed by atoms with Gasteiger partial charge < -0.3 is 31.1 Å². The summed E-state index contributed by atoms with van der Waals surface area (Å²) in [7, 11) is 0. The van der Waals surface area contributed by atoms with Gasteiger partial charge in [0, 0.05) is 163 Å². The standard InChI is InChI=1S/C12H16FN3O2.C12H18FN3.C10H13N3O2.C6H4FNO2.C5H11N.C2H4BrF.C2H3N/c13-5-6-14-7-9-15(10-8-14)11-1-3-12(4-2-11)16(17)18;13-5-6-15-7-9-16(10-8-15)12-3-1-11(14)2-4-12;14-13(15)10-3-1-9(2-4-10)12-7-5-11-6-8-12;7-5-1-3-6(4-2-5)8(9)10;1-2-4-6-5-3-1;3-1-2-4;1-2-3/h1-4H,5-10H2;1-4H,5-10,14H2;1-4,11H,5-8H2;1-4H;6H,1-5H2;1-2H2;1H3. The van der Waals surface area contributed by atoms with Crippen molar-refractivity contribution in [1.29, 1.82) is 5.26 Å². The predicted octanol–water partition coefficient (Wildman–Crippen LogP) is 8.43. The van der Waals surface area contributed by atoms with Crippen LogP contribution in [0.5, 0.6) is 0 Å². The van der Waals surface area contributed by atoms with Crippen molar-refractivity contribution >= 4 is 55.7 Å². The first-order valence-corrected chi connectivity index (χ1v) is 24.8. The van der Waals surface area contributed by atoms with Crippen molar-refractivity contribution in [3.05, 3.63) is 133 Å². The van der Waals surface area contributed by atoms with Crippen LogP contribution in [0.2, 0.25) is 0 Å². The van der Waals surface area contributed by atoms with Crippen LogP contribution in [0.15, 0.2) is 97.1 Å². The van der Waals surface area contributed by atoms with E-state index in [1.165, 1.54) is 57.1 Å². The SMILES string of the molecule is C1CCNCC1.CC#N.FCCBr.Nc1ccc(N2CCN(CCF)CC2)cc1.O=[N+]([O-])c1ccc(F)cc1.O=[N+]([O-])c1ccc(N2CCN(CCF)CC2)cc1.O=[N+]([O-])c1ccc(N2CCNCC2)cc1. The number of nitro benzene ring substituents is 3. The summed E-state index contributed by atoms with van der Waals surface area (Å²) < 4.78 is 47.2. The van der Waals surface area contributed by atoms with Crippen LogP contribution >= 0.6 is 15.9 Å². The van der Waals surface area contributed by atoms with E-state index in [1.807, 2.05) is 36.4 Å². The quantitative estimate of drug-likeness (QED) is 0.0422. The van der Waals surface area contributed by atoms with Gasteiger partial charge in [0.25, 0.3) is 17.1 Å². The summed E-state index contributed by atoms with van der Waals surface area (Å²) in [4.78, 5) is 40.6. The Labute approximate surface area is 428 Å². The Hall–Kier alpha value is -6.19. The fourth-order valence-electron chi connectivity index (χ4n) is 7.24. The highest BCUT2D eigenvalue weighted by atomic mass is 79.9. The van der Waals surface area contributed by atoms with E-state index in [1.54, 1.807) is 30.3 Å². The molecule has 72 heavy (non-hydrogen) atoms. The number of piperidine rings is 1. The molecule has 0 atom stereocenters. The van der Waals surface area contributed by atoms with Crippen molar-refractivity contribution in [2.24, 2.45) is 0 Å². The number of piperazine rings is 3. The van der Waals surface area contributed by atoms with Crippen molar-refractivity contribution in [1.82, 2.24) is 20.4 Å². The van der Waals surface area contributed by atoms with Crippen LogP contribution in [0, 0.1) is 47.5 Å². The largest absolute Gasteiger partial charge is 0.399 e. The maximum Gasteiger partial charge on any atom is 0.269 e. The third kappa shape index (κ3) is 25.8. The molecule has 396 valence electrons. The van der Waals surface area contributed by atoms with E-state index in [0.29, 0.717) is 18.4 Å². The summed E-state index contributed by atoms with van der Waals surface area (Å²) in [5.41, 5.74) is 9.85. The van der Waals surface area contributed by atoms with Crippen molar-refractivity contribution in [3.8, 4) is 6.07 Å². The number of nitrogens with zero attached hydrogens (tertiary/aromatic N) is 9. The molecular formula is C49H69BrF4N12O6. The van der Waals surface area contributed by atoms with Crippen molar-refractivity contribution < 1.29 is 32.3 Å². The summed E-state index contributed by atoms with van der Waals surface area (Å²) >= 11 is 2.87. The number of nitro groups is 3. The van der Waals surface area contributed by atoms with E-state index < -0.39 is 15.7 Å². The number of benzene rings is 4. The molecule has 4 fully saturated rings. The van der Waals surface area contributed by atoms with E-state index in [4.69, 9.17) is 11.0 Å². The fraction of sp³-hybridized carbons (Fsp3) is 0.490. The molecule has 0 amide bonds. The molecule has 4 aliphatic rings. The molecule has 0 aliphatic carbocycles. The van der Waals surface area contributed by atoms with Gasteiger partial charge in [-0.3, -0.25) is 44.5 Å². The molecule has 18 nitrogen and oxygen atoms in total. The summed E-state index contributed by atoms with van der Waals surface area (Å²) in [6.45, 7) is 15.2. The first-order valence-electron chi connectivity index (χ1n) is 23.7. The molecule has 0 radical (unpaired) electrons. The first kappa shape index (κ1) is 61.9. The Morgan fingerprint density at radius 2 is 0.847 bits per heavy atom. The molecule has 0 bridgehead atoms. The minimum Gasteiger partial charge on any atom is -0.399 e. The molecule has 4 heterocycles. The number of hydrogen-bond donors (Lipinski definition) is 3. The lowest BCUT2D eigenvalue weighted by Gasteiger charge is -2.35. The van der Waals surface area contributed by atoms with Gasteiger partial charge in [-0.1, -0.05) is 22.4 Å². The van der Waals surface area contributed by atoms with Crippen LogP contribution in [-0.4, -0.2) is 155 Å². The van der Waals surface area contributed by atoms with Gasteiger partial charge >= 0.3 is 0 Å². The molecule has 0 unspecified atom stereocenters. The van der Waals surface area contributed by atoms with Crippen molar-refractivity contribution in [3.63, 3.8) is 0 Å². The van der Waals surface area contributed by atoms with Crippen LogP contribution in [0.25, 0.3) is 0 Å². The van der Waals surface area contributed by atoms with E-state index in [-0.39, 0.29) is 42.0 Å². The Bertz CT molecular complexity index is 2090. The normalized spacial score (nSPS) is 15.4. The minimum absolute atomic E-state index is 0.0959. The molecule has 4 aliphatic heterocycles. The molecule has 4 saturated heterocycles. The lowest BCUT2D eigenvalue weighted by atomic mass is 10.2. The summed E-state index contributed by atoms with van der Waals surface area (Å²) in [6.07, 6.45) is 4.22. The predicted molar refractivity (Wildman–Crippen MR) is 282 cm³/mol. The zero-order chi connectivity index (χ0) is 52.9. The fourth-order valence-corrected chi connectivity index (χ4v) is 7.24. The van der Waals surface area contributed by atoms with Gasteiger partial charge in [-0.05, 0) is 86.6 Å². The van der Waals surface area contributed by atoms with Crippen LogP contribution in [0.1, 0.15) is 26.2 Å². The zero-order valence-corrected chi connectivity index (χ0v) is 42.5. The van der Waals surface area contributed by atoms with Crippen LogP contribution in [-0.2, 0) is 0 Å². The molecular weight excluding hydrogens is 1010 g/mol. The van der Waals surface area contributed by atoms with E-state index in [2.05, 4.69) is 51.1 Å². The van der Waals surface area contributed by atoms with E-state index >= 15 is 0 Å². The van der Waals surface area contributed by atoms with Crippen LogP contribution < -0.4 is 31.1 Å². The number of anilines is 4. The molecule has 23 heteroatoms. The number of rotatable bonds is 11. The highest BCUT2D eigenvalue weighted by Gasteiger charge is 2.19. The van der Waals surface area contributed by atoms with Crippen LogP contribution in [0.4, 0.5) is 57.4 Å². The molecule has 4 aromatic rings. The third-order valence-corrected chi connectivity index (χ3v) is 11.4. The zero-order valence-electron chi connectivity index (χ0n) is 40.9. The number of nitrogens with two attached hydrogens (primary N) is 1. The van der Waals surface area contributed by atoms with Gasteiger partial charge in [0.05, 0.1) is 27.5 Å². The highest BCUT2D eigenvalue weighted by Crippen LogP contribution is 2.22. The Kier molecular flexibility index (Phi) is 32.3. The molecule has 0 aromatic heterocycles. The monoisotopic (exact) mass is 1080 g/mol. The minimum atomic E-state index is -0.570. The average molecular weight is 1080 g/mol. The van der Waals surface area contributed by atoms with Gasteiger partial charge in [-0.15, -0.1) is 0 Å². The molecule has 4 N–H and O–H groups in total. The molecule has 4 aromatic carbocycles. The number of nitrogens with one attached hydrogen (secondary N) is 2. The van der Waals surface area contributed by atoms with Gasteiger partial charge in [0.2, 0.25) is 0 Å². The number of nitriles is 1. The number of non-ortho nitro benzene ring substituents is 3. The second-order valence-electron chi connectivity index (χ2n) is 16.1. The Morgan fingerprint density at radius 1 is 0.542 bits per heavy atom. The average Bonchev–Trinajstić information content (AvgIpc) is 3.41. The summed E-state index contributed by atoms with van der Waals surface area (Å²) in [6, 6.07) is 27.3. The van der Waals surface area contributed by atoms with Gasteiger partial charge in [-0.25, -0.2) is 13.2 Å². The first-order chi connectivity index (χ1) is 34.8. The lowest BCUT2D eigenvalue weighted by Crippen LogP contribution is -2.47. The molecule has 8 rings (SSSR count). The van der Waals surface area contributed by atoms with Gasteiger partial charge in [-0.2, -0.15) is 5.26 Å². The highest BCUT2D eigenvalue weighted by molar-refractivity contribution is 9.09. The number of hydrogen-bond acceptors (Lipinski definition) is 15. The second-order valence-corrected chi connectivity index (χ2v) is 16.8. The summed E-state index contributed by atoms with van der Waals surface area (Å²) in [5.74, 6) is -0.467. The third-order valence-electron chi connectivity index (χ3n) is 11.1.